The molecule has 3 nitrogen and oxygen atoms in total. The standard InChI is InChI=1S/C18H12F3NO2/c1-9-12-8-11(23-2)4-6-15(12)24-17-16(9)13-7-10(18(19,20)21)3-5-14(13)22-17/h3-8H,1-2H3. The largest absolute Gasteiger partial charge is 0.497 e. The molecule has 0 bridgehead atoms. The van der Waals surface area contributed by atoms with Crippen LogP contribution < -0.4 is 4.74 Å². The van der Waals surface area contributed by atoms with Crippen molar-refractivity contribution in [2.45, 2.75) is 13.1 Å². The van der Waals surface area contributed by atoms with Gasteiger partial charge >= 0.3 is 6.18 Å². The zero-order chi connectivity index (χ0) is 17.1. The topological polar surface area (TPSA) is 35.3 Å². The fourth-order valence-electron chi connectivity index (χ4n) is 2.98. The molecule has 0 atom stereocenters. The highest BCUT2D eigenvalue weighted by molar-refractivity contribution is 6.02. The van der Waals surface area contributed by atoms with Crippen molar-refractivity contribution in [3.05, 3.63) is 47.5 Å². The van der Waals surface area contributed by atoms with Gasteiger partial charge in [-0.05, 0) is 48.9 Å². The number of benzene rings is 2. The van der Waals surface area contributed by atoms with Crippen LogP contribution in [0.5, 0.6) is 5.75 Å². The molecule has 2 aromatic carbocycles. The molecule has 0 amide bonds. The Morgan fingerprint density at radius 2 is 1.83 bits per heavy atom. The number of rotatable bonds is 1. The maximum absolute atomic E-state index is 13.0. The first-order valence-electron chi connectivity index (χ1n) is 7.26. The van der Waals surface area contributed by atoms with Crippen LogP contribution in [-0.2, 0) is 6.18 Å². The Kier molecular flexibility index (Phi) is 3.00. The molecular formula is C18H12F3NO2. The molecule has 0 fully saturated rings. The van der Waals surface area contributed by atoms with Gasteiger partial charge in [0, 0.05) is 10.8 Å². The third-order valence-corrected chi connectivity index (χ3v) is 4.20. The second-order valence-electron chi connectivity index (χ2n) is 5.61. The van der Waals surface area contributed by atoms with Crippen LogP contribution >= 0.6 is 0 Å². The van der Waals surface area contributed by atoms with Crippen LogP contribution in [0.1, 0.15) is 11.1 Å². The van der Waals surface area contributed by atoms with Gasteiger partial charge in [-0.1, -0.05) is 0 Å². The van der Waals surface area contributed by atoms with Crippen LogP contribution in [0.3, 0.4) is 0 Å². The third kappa shape index (κ3) is 2.10. The van der Waals surface area contributed by atoms with Gasteiger partial charge in [-0.3, -0.25) is 0 Å². The number of halogens is 3. The fourth-order valence-corrected chi connectivity index (χ4v) is 2.98. The van der Waals surface area contributed by atoms with Crippen LogP contribution in [0.4, 0.5) is 13.2 Å². The summed E-state index contributed by atoms with van der Waals surface area (Å²) in [6, 6.07) is 8.87. The van der Waals surface area contributed by atoms with Crippen molar-refractivity contribution in [1.29, 1.82) is 0 Å². The van der Waals surface area contributed by atoms with Crippen molar-refractivity contribution in [3.63, 3.8) is 0 Å². The van der Waals surface area contributed by atoms with Gasteiger partial charge in [0.25, 0.3) is 0 Å². The number of aryl methyl sites for hydroxylation is 1. The lowest BCUT2D eigenvalue weighted by molar-refractivity contribution is -0.137. The molecule has 4 rings (SSSR count). The Balaban J connectivity index is 2.10. The molecule has 122 valence electrons. The summed E-state index contributed by atoms with van der Waals surface area (Å²) in [4.78, 5) is 4.33. The first-order valence-corrected chi connectivity index (χ1v) is 7.26. The second-order valence-corrected chi connectivity index (χ2v) is 5.61. The minimum absolute atomic E-state index is 0.333. The highest BCUT2D eigenvalue weighted by atomic mass is 19.4. The minimum Gasteiger partial charge on any atom is -0.497 e. The lowest BCUT2D eigenvalue weighted by atomic mass is 10.0. The monoisotopic (exact) mass is 331 g/mol. The van der Waals surface area contributed by atoms with E-state index in [4.69, 9.17) is 9.15 Å². The van der Waals surface area contributed by atoms with E-state index in [-0.39, 0.29) is 0 Å². The van der Waals surface area contributed by atoms with Gasteiger partial charge in [-0.15, -0.1) is 0 Å². The highest BCUT2D eigenvalue weighted by Gasteiger charge is 2.31. The molecule has 0 unspecified atom stereocenters. The normalized spacial score (nSPS) is 12.4. The summed E-state index contributed by atoms with van der Waals surface area (Å²) in [6.45, 7) is 1.85. The number of hydrogen-bond acceptors (Lipinski definition) is 3. The Morgan fingerprint density at radius 3 is 2.54 bits per heavy atom. The first-order chi connectivity index (χ1) is 11.4. The molecule has 0 saturated carbocycles. The summed E-state index contributed by atoms with van der Waals surface area (Å²) in [5, 5.41) is 1.22. The molecule has 0 spiro atoms. The molecule has 2 aliphatic rings. The van der Waals surface area contributed by atoms with E-state index in [0.29, 0.717) is 33.7 Å². The summed E-state index contributed by atoms with van der Waals surface area (Å²) < 4.78 is 50.0. The molecule has 2 aromatic rings. The summed E-state index contributed by atoms with van der Waals surface area (Å²) in [5.74, 6) is 0.986. The zero-order valence-electron chi connectivity index (χ0n) is 12.9. The van der Waals surface area contributed by atoms with E-state index >= 15 is 0 Å². The van der Waals surface area contributed by atoms with Crippen LogP contribution in [0.25, 0.3) is 33.3 Å². The van der Waals surface area contributed by atoms with E-state index in [9.17, 15) is 13.2 Å². The fraction of sp³-hybridized carbons (Fsp3) is 0.167. The molecule has 6 heteroatoms. The van der Waals surface area contributed by atoms with Crippen LogP contribution in [0.15, 0.2) is 40.8 Å². The molecular weight excluding hydrogens is 319 g/mol. The van der Waals surface area contributed by atoms with Crippen molar-refractivity contribution < 1.29 is 22.3 Å². The quantitative estimate of drug-likeness (QED) is 0.467. The van der Waals surface area contributed by atoms with Crippen molar-refractivity contribution in [1.82, 2.24) is 4.98 Å². The molecule has 24 heavy (non-hydrogen) atoms. The van der Waals surface area contributed by atoms with Crippen molar-refractivity contribution >= 4 is 21.9 Å². The molecule has 2 heterocycles. The van der Waals surface area contributed by atoms with E-state index in [0.717, 1.165) is 23.1 Å². The van der Waals surface area contributed by atoms with Gasteiger partial charge in [0.15, 0.2) is 0 Å². The molecule has 0 saturated heterocycles. The number of aromatic nitrogens is 1. The van der Waals surface area contributed by atoms with Gasteiger partial charge < -0.3 is 9.15 Å². The average molecular weight is 331 g/mol. The van der Waals surface area contributed by atoms with E-state index < -0.39 is 11.7 Å². The van der Waals surface area contributed by atoms with Gasteiger partial charge in [0.1, 0.15) is 11.3 Å². The number of hydrogen-bond donors (Lipinski definition) is 0. The van der Waals surface area contributed by atoms with E-state index in [1.54, 1.807) is 25.3 Å². The van der Waals surface area contributed by atoms with Crippen molar-refractivity contribution in [2.24, 2.45) is 0 Å². The Labute approximate surface area is 135 Å². The molecule has 0 aromatic heterocycles. The van der Waals surface area contributed by atoms with Crippen molar-refractivity contribution in [3.8, 4) is 17.2 Å². The summed E-state index contributed by atoms with van der Waals surface area (Å²) in [6.07, 6.45) is -4.40. The summed E-state index contributed by atoms with van der Waals surface area (Å²) >= 11 is 0. The average Bonchev–Trinajstić information content (AvgIpc) is 2.91. The highest BCUT2D eigenvalue weighted by Crippen LogP contribution is 2.41. The smallest absolute Gasteiger partial charge is 0.416 e. The molecule has 2 aliphatic heterocycles. The van der Waals surface area contributed by atoms with Crippen LogP contribution in [-0.4, -0.2) is 12.1 Å². The van der Waals surface area contributed by atoms with Gasteiger partial charge in [0.2, 0.25) is 5.89 Å². The lowest BCUT2D eigenvalue weighted by Gasteiger charge is -2.10. The number of alkyl halides is 3. The van der Waals surface area contributed by atoms with Crippen LogP contribution in [0.2, 0.25) is 0 Å². The second kappa shape index (κ2) is 4.87. The predicted octanol–water partition coefficient (Wildman–Crippen LogP) is 5.42. The zero-order valence-corrected chi connectivity index (χ0v) is 12.9. The number of ether oxygens (including phenoxy) is 1. The Hall–Kier alpha value is -2.76. The summed E-state index contributed by atoms with van der Waals surface area (Å²) in [5.41, 5.74) is 1.80. The Morgan fingerprint density at radius 1 is 1.04 bits per heavy atom. The lowest BCUT2D eigenvalue weighted by Crippen LogP contribution is -2.04. The molecule has 0 N–H and O–H groups in total. The Bertz CT molecular complexity index is 1050. The van der Waals surface area contributed by atoms with Crippen LogP contribution in [0, 0.1) is 6.92 Å². The minimum atomic E-state index is -4.40. The van der Waals surface area contributed by atoms with Gasteiger partial charge in [-0.25, -0.2) is 4.98 Å². The maximum Gasteiger partial charge on any atom is 0.416 e. The van der Waals surface area contributed by atoms with Gasteiger partial charge in [0.05, 0.1) is 23.8 Å². The predicted molar refractivity (Wildman–Crippen MR) is 84.4 cm³/mol. The number of methoxy groups -OCH3 is 1. The van der Waals surface area contributed by atoms with Gasteiger partial charge in [-0.2, -0.15) is 13.2 Å². The third-order valence-electron chi connectivity index (χ3n) is 4.20. The number of fused-ring (bicyclic) bond motifs is 4. The SMILES string of the molecule is COc1ccc2oc3nc4ccc(C(F)(F)F)cc4c-3c(C)c2c1. The maximum atomic E-state index is 13.0. The molecule has 0 radical (unpaired) electrons. The summed E-state index contributed by atoms with van der Waals surface area (Å²) in [7, 11) is 1.56. The van der Waals surface area contributed by atoms with Crippen molar-refractivity contribution in [2.75, 3.05) is 7.11 Å². The van der Waals surface area contributed by atoms with E-state index in [1.807, 2.05) is 6.92 Å². The van der Waals surface area contributed by atoms with E-state index in [1.165, 1.54) is 6.07 Å². The number of nitrogens with zero attached hydrogens (tertiary/aromatic N) is 1. The molecule has 0 aliphatic carbocycles. The first kappa shape index (κ1) is 14.8. The van der Waals surface area contributed by atoms with E-state index in [2.05, 4.69) is 4.98 Å².